The van der Waals surface area contributed by atoms with Gasteiger partial charge in [0.15, 0.2) is 0 Å². The normalized spacial score (nSPS) is 11.0. The van der Waals surface area contributed by atoms with Crippen molar-refractivity contribution in [3.05, 3.63) is 70.4 Å². The monoisotopic (exact) mass is 313 g/mol. The van der Waals surface area contributed by atoms with Crippen molar-refractivity contribution in [1.82, 2.24) is 4.98 Å². The van der Waals surface area contributed by atoms with Crippen LogP contribution in [0, 0.1) is 13.8 Å². The summed E-state index contributed by atoms with van der Waals surface area (Å²) < 4.78 is 0. The quantitative estimate of drug-likeness (QED) is 0.448. The van der Waals surface area contributed by atoms with Crippen molar-refractivity contribution in [1.29, 1.82) is 0 Å². The van der Waals surface area contributed by atoms with Crippen LogP contribution in [0.3, 0.4) is 0 Å². The summed E-state index contributed by atoms with van der Waals surface area (Å²) in [5.74, 6) is 0.833. The van der Waals surface area contributed by atoms with Crippen molar-refractivity contribution in [3.8, 4) is 0 Å². The lowest BCUT2D eigenvalue weighted by atomic mass is 10.1. The number of para-hydroxylation sites is 1. The minimum Gasteiger partial charge on any atom is -0.236 e. The van der Waals surface area contributed by atoms with Crippen LogP contribution in [0.1, 0.15) is 16.7 Å². The Bertz CT molecular complexity index is 798. The summed E-state index contributed by atoms with van der Waals surface area (Å²) in [6, 6.07) is 16.8. The van der Waals surface area contributed by atoms with Gasteiger partial charge in [0.05, 0.1) is 5.52 Å². The van der Waals surface area contributed by atoms with Crippen LogP contribution in [0.15, 0.2) is 53.4 Å². The average Bonchev–Trinajstić information content (AvgIpc) is 2.48. The van der Waals surface area contributed by atoms with E-state index in [4.69, 9.17) is 11.6 Å². The third kappa shape index (κ3) is 3.22. The van der Waals surface area contributed by atoms with E-state index >= 15 is 0 Å². The highest BCUT2D eigenvalue weighted by Gasteiger charge is 2.06. The Morgan fingerprint density at radius 3 is 2.62 bits per heavy atom. The molecule has 0 unspecified atom stereocenters. The van der Waals surface area contributed by atoms with Gasteiger partial charge in [-0.05, 0) is 49.2 Å². The lowest BCUT2D eigenvalue weighted by Gasteiger charge is -2.07. The van der Waals surface area contributed by atoms with E-state index in [0.29, 0.717) is 5.15 Å². The minimum atomic E-state index is 0.602. The molecule has 1 aromatic heterocycles. The number of thioether (sulfide) groups is 1. The first-order valence-corrected chi connectivity index (χ1v) is 8.24. The number of aryl methyl sites for hydroxylation is 2. The molecule has 3 aromatic rings. The highest BCUT2D eigenvalue weighted by molar-refractivity contribution is 7.98. The topological polar surface area (TPSA) is 12.9 Å². The molecule has 0 amide bonds. The van der Waals surface area contributed by atoms with Gasteiger partial charge in [-0.1, -0.05) is 35.9 Å². The maximum Gasteiger partial charge on any atom is 0.133 e. The molecule has 0 aliphatic rings. The maximum absolute atomic E-state index is 6.30. The van der Waals surface area contributed by atoms with Crippen molar-refractivity contribution in [2.45, 2.75) is 24.5 Å². The molecular weight excluding hydrogens is 298 g/mol. The zero-order chi connectivity index (χ0) is 14.8. The molecule has 3 rings (SSSR count). The Balaban J connectivity index is 1.84. The number of aromatic nitrogens is 1. The Labute approximate surface area is 134 Å². The number of hydrogen-bond acceptors (Lipinski definition) is 2. The number of benzene rings is 2. The highest BCUT2D eigenvalue weighted by atomic mass is 35.5. The highest BCUT2D eigenvalue weighted by Crippen LogP contribution is 2.29. The van der Waals surface area contributed by atoms with Crippen LogP contribution in [-0.4, -0.2) is 4.98 Å². The molecule has 1 nitrogen and oxygen atoms in total. The first-order valence-electron chi connectivity index (χ1n) is 6.88. The molecule has 0 saturated carbocycles. The first kappa shape index (κ1) is 14.4. The number of fused-ring (bicyclic) bond motifs is 1. The predicted octanol–water partition coefficient (Wildman–Crippen LogP) is 5.80. The molecule has 1 heterocycles. The van der Waals surface area contributed by atoms with Crippen LogP contribution < -0.4 is 0 Å². The zero-order valence-corrected chi connectivity index (χ0v) is 13.6. The van der Waals surface area contributed by atoms with Crippen LogP contribution >= 0.6 is 23.4 Å². The van der Waals surface area contributed by atoms with E-state index in [0.717, 1.165) is 22.2 Å². The number of rotatable bonds is 3. The summed E-state index contributed by atoms with van der Waals surface area (Å²) in [5.41, 5.74) is 4.67. The fraction of sp³-hybridized carbons (Fsp3) is 0.167. The molecule has 0 radical (unpaired) electrons. The second-order valence-corrected chi connectivity index (χ2v) is 6.57. The van der Waals surface area contributed by atoms with E-state index in [2.05, 4.69) is 49.2 Å². The van der Waals surface area contributed by atoms with E-state index in [1.807, 2.05) is 18.2 Å². The summed E-state index contributed by atoms with van der Waals surface area (Å²) in [7, 11) is 0. The van der Waals surface area contributed by atoms with Gasteiger partial charge in [-0.15, -0.1) is 11.8 Å². The van der Waals surface area contributed by atoms with Crippen LogP contribution in [0.5, 0.6) is 0 Å². The molecule has 0 bridgehead atoms. The van der Waals surface area contributed by atoms with E-state index < -0.39 is 0 Å². The van der Waals surface area contributed by atoms with Gasteiger partial charge in [0, 0.05) is 21.6 Å². The van der Waals surface area contributed by atoms with Gasteiger partial charge in [-0.3, -0.25) is 0 Å². The lowest BCUT2D eigenvalue weighted by Crippen LogP contribution is -1.89. The molecule has 0 aliphatic carbocycles. The summed E-state index contributed by atoms with van der Waals surface area (Å²) in [6.07, 6.45) is 0. The number of pyridine rings is 1. The molecule has 3 heteroatoms. The van der Waals surface area contributed by atoms with Gasteiger partial charge in [-0.25, -0.2) is 4.98 Å². The molecule has 0 aliphatic heterocycles. The average molecular weight is 314 g/mol. The fourth-order valence-corrected chi connectivity index (χ4v) is 3.46. The lowest BCUT2D eigenvalue weighted by molar-refractivity contribution is 1.26. The fourth-order valence-electron chi connectivity index (χ4n) is 2.20. The van der Waals surface area contributed by atoms with Crippen molar-refractivity contribution in [3.63, 3.8) is 0 Å². The third-order valence-electron chi connectivity index (χ3n) is 3.62. The van der Waals surface area contributed by atoms with Crippen LogP contribution in [-0.2, 0) is 5.75 Å². The molecule has 2 aromatic carbocycles. The summed E-state index contributed by atoms with van der Waals surface area (Å²) >= 11 is 8.10. The van der Waals surface area contributed by atoms with Crippen LogP contribution in [0.25, 0.3) is 10.9 Å². The van der Waals surface area contributed by atoms with E-state index in [-0.39, 0.29) is 0 Å². The summed E-state index contributed by atoms with van der Waals surface area (Å²) in [6.45, 7) is 4.28. The van der Waals surface area contributed by atoms with E-state index in [1.54, 1.807) is 11.8 Å². The largest absolute Gasteiger partial charge is 0.236 e. The zero-order valence-electron chi connectivity index (χ0n) is 12.1. The van der Waals surface area contributed by atoms with E-state index in [1.165, 1.54) is 16.0 Å². The smallest absolute Gasteiger partial charge is 0.133 e. The predicted molar refractivity (Wildman–Crippen MR) is 92.2 cm³/mol. The van der Waals surface area contributed by atoms with Crippen LogP contribution in [0.4, 0.5) is 0 Å². The molecule has 21 heavy (non-hydrogen) atoms. The van der Waals surface area contributed by atoms with Gasteiger partial charge in [0.25, 0.3) is 0 Å². The SMILES string of the molecule is Cc1ccc(SCc2cc3ccccc3nc2Cl)cc1C. The standard InChI is InChI=1S/C18H16ClNS/c1-12-7-8-16(9-13(12)2)21-11-15-10-14-5-3-4-6-17(14)20-18(15)19/h3-10H,11H2,1-2H3. The first-order chi connectivity index (χ1) is 10.1. The maximum atomic E-state index is 6.30. The number of halogens is 1. The van der Waals surface area contributed by atoms with Crippen molar-refractivity contribution >= 4 is 34.3 Å². The second-order valence-electron chi connectivity index (χ2n) is 5.17. The molecule has 0 atom stereocenters. The second kappa shape index (κ2) is 6.08. The van der Waals surface area contributed by atoms with Gasteiger partial charge in [0.1, 0.15) is 5.15 Å². The van der Waals surface area contributed by atoms with Crippen molar-refractivity contribution in [2.75, 3.05) is 0 Å². The Morgan fingerprint density at radius 1 is 1.00 bits per heavy atom. The van der Waals surface area contributed by atoms with Gasteiger partial charge in [-0.2, -0.15) is 0 Å². The summed E-state index contributed by atoms with van der Waals surface area (Å²) in [5, 5.41) is 1.74. The molecule has 106 valence electrons. The summed E-state index contributed by atoms with van der Waals surface area (Å²) in [4.78, 5) is 5.74. The molecule has 0 fully saturated rings. The number of nitrogens with zero attached hydrogens (tertiary/aromatic N) is 1. The van der Waals surface area contributed by atoms with E-state index in [9.17, 15) is 0 Å². The van der Waals surface area contributed by atoms with Gasteiger partial charge >= 0.3 is 0 Å². The molecule has 0 spiro atoms. The van der Waals surface area contributed by atoms with Gasteiger partial charge in [0.2, 0.25) is 0 Å². The Kier molecular flexibility index (Phi) is 4.18. The van der Waals surface area contributed by atoms with Gasteiger partial charge < -0.3 is 0 Å². The Hall–Kier alpha value is -1.51. The molecular formula is C18H16ClNS. The van der Waals surface area contributed by atoms with Crippen molar-refractivity contribution < 1.29 is 0 Å². The molecule has 0 saturated heterocycles. The number of hydrogen-bond donors (Lipinski definition) is 0. The van der Waals surface area contributed by atoms with Crippen LogP contribution in [0.2, 0.25) is 5.15 Å². The molecule has 0 N–H and O–H groups in total. The Morgan fingerprint density at radius 2 is 1.81 bits per heavy atom. The van der Waals surface area contributed by atoms with Crippen molar-refractivity contribution in [2.24, 2.45) is 0 Å². The third-order valence-corrected chi connectivity index (χ3v) is 4.99. The minimum absolute atomic E-state index is 0.602.